The Morgan fingerprint density at radius 3 is 2.83 bits per heavy atom. The Morgan fingerprint density at radius 2 is 2.17 bits per heavy atom. The molecule has 1 atom stereocenters. The second kappa shape index (κ2) is 8.86. The predicted molar refractivity (Wildman–Crippen MR) is 89.5 cm³/mol. The highest BCUT2D eigenvalue weighted by Crippen LogP contribution is 2.25. The molecule has 1 heterocycles. The number of nitrogens with zero attached hydrogens (tertiary/aromatic N) is 2. The van der Waals surface area contributed by atoms with E-state index < -0.39 is 6.04 Å². The number of carbonyl (C=O) groups is 1. The summed E-state index contributed by atoms with van der Waals surface area (Å²) in [7, 11) is 1.87. The van der Waals surface area contributed by atoms with Crippen LogP contribution in [0.5, 0.6) is 5.75 Å². The zero-order valence-electron chi connectivity index (χ0n) is 14.0. The number of hydrogen-bond acceptors (Lipinski definition) is 5. The number of piperazine rings is 1. The molecule has 23 heavy (non-hydrogen) atoms. The third-order valence-electron chi connectivity index (χ3n) is 4.04. The lowest BCUT2D eigenvalue weighted by Crippen LogP contribution is -2.50. The van der Waals surface area contributed by atoms with Crippen LogP contribution >= 0.6 is 0 Å². The molecule has 1 unspecified atom stereocenters. The standard InChI is InChI=1S/C17H27N3O3/c1-3-23-15-6-4-5-14(13-15)16(19(2)11-12-21)17(22)20-9-7-18-8-10-20/h4-6,13,16,18,21H,3,7-12H2,1-2H3. The number of nitrogens with one attached hydrogen (secondary N) is 1. The van der Waals surface area contributed by atoms with Crippen LogP contribution < -0.4 is 10.1 Å². The highest BCUT2D eigenvalue weighted by atomic mass is 16.5. The van der Waals surface area contributed by atoms with E-state index in [1.807, 2.05) is 48.0 Å². The van der Waals surface area contributed by atoms with Gasteiger partial charge in [-0.25, -0.2) is 0 Å². The smallest absolute Gasteiger partial charge is 0.244 e. The summed E-state index contributed by atoms with van der Waals surface area (Å²) in [5.74, 6) is 0.844. The van der Waals surface area contributed by atoms with Gasteiger partial charge < -0.3 is 20.1 Å². The topological polar surface area (TPSA) is 65.0 Å². The summed E-state index contributed by atoms with van der Waals surface area (Å²) in [5.41, 5.74) is 0.899. The number of benzene rings is 1. The Hall–Kier alpha value is -1.63. The number of likely N-dealkylation sites (N-methyl/N-ethyl adjacent to an activating group) is 1. The van der Waals surface area contributed by atoms with Crippen molar-refractivity contribution in [3.05, 3.63) is 29.8 Å². The third-order valence-corrected chi connectivity index (χ3v) is 4.04. The van der Waals surface area contributed by atoms with Gasteiger partial charge in [-0.05, 0) is 31.7 Å². The van der Waals surface area contributed by atoms with Gasteiger partial charge in [0.15, 0.2) is 0 Å². The predicted octanol–water partition coefficient (Wildman–Crippen LogP) is 0.482. The van der Waals surface area contributed by atoms with Crippen molar-refractivity contribution in [2.75, 3.05) is 53.0 Å². The van der Waals surface area contributed by atoms with Crippen LogP contribution in [-0.2, 0) is 4.79 Å². The van der Waals surface area contributed by atoms with E-state index in [2.05, 4.69) is 5.32 Å². The number of carbonyl (C=O) groups excluding carboxylic acids is 1. The van der Waals surface area contributed by atoms with E-state index in [0.29, 0.717) is 26.2 Å². The summed E-state index contributed by atoms with van der Waals surface area (Å²) in [6.07, 6.45) is 0. The highest BCUT2D eigenvalue weighted by Gasteiger charge is 2.30. The minimum Gasteiger partial charge on any atom is -0.494 e. The van der Waals surface area contributed by atoms with E-state index in [4.69, 9.17) is 4.74 Å². The van der Waals surface area contributed by atoms with Crippen LogP contribution in [0.1, 0.15) is 18.5 Å². The van der Waals surface area contributed by atoms with Gasteiger partial charge in [0.25, 0.3) is 0 Å². The molecule has 2 N–H and O–H groups in total. The number of aliphatic hydroxyl groups is 1. The molecular weight excluding hydrogens is 294 g/mol. The number of amides is 1. The molecular formula is C17H27N3O3. The number of hydrogen-bond donors (Lipinski definition) is 2. The minimum absolute atomic E-state index is 0.0208. The molecule has 1 saturated heterocycles. The summed E-state index contributed by atoms with van der Waals surface area (Å²) in [4.78, 5) is 16.8. The SMILES string of the molecule is CCOc1cccc(C(C(=O)N2CCNCC2)N(C)CCO)c1. The molecule has 0 aromatic heterocycles. The first-order valence-corrected chi connectivity index (χ1v) is 8.20. The molecule has 1 amide bonds. The van der Waals surface area contributed by atoms with Crippen molar-refractivity contribution in [2.24, 2.45) is 0 Å². The lowest BCUT2D eigenvalue weighted by Gasteiger charge is -2.34. The van der Waals surface area contributed by atoms with Gasteiger partial charge in [0.05, 0.1) is 13.2 Å². The van der Waals surface area contributed by atoms with Crippen molar-refractivity contribution in [2.45, 2.75) is 13.0 Å². The number of aliphatic hydroxyl groups excluding tert-OH is 1. The average Bonchev–Trinajstić information content (AvgIpc) is 2.57. The lowest BCUT2D eigenvalue weighted by atomic mass is 10.0. The van der Waals surface area contributed by atoms with E-state index in [1.165, 1.54) is 0 Å². The quantitative estimate of drug-likeness (QED) is 0.765. The molecule has 0 saturated carbocycles. The van der Waals surface area contributed by atoms with Gasteiger partial charge >= 0.3 is 0 Å². The molecule has 1 aliphatic heterocycles. The van der Waals surface area contributed by atoms with Gasteiger partial charge in [-0.15, -0.1) is 0 Å². The second-order valence-corrected chi connectivity index (χ2v) is 5.69. The molecule has 2 rings (SSSR count). The molecule has 128 valence electrons. The maximum Gasteiger partial charge on any atom is 0.244 e. The van der Waals surface area contributed by atoms with Crippen molar-refractivity contribution in [1.82, 2.24) is 15.1 Å². The maximum atomic E-state index is 13.0. The summed E-state index contributed by atoms with van der Waals surface area (Å²) in [6.45, 7) is 6.07. The van der Waals surface area contributed by atoms with Gasteiger partial charge in [0, 0.05) is 32.7 Å². The first-order valence-electron chi connectivity index (χ1n) is 8.20. The van der Waals surface area contributed by atoms with Crippen LogP contribution in [-0.4, -0.2) is 73.8 Å². The largest absolute Gasteiger partial charge is 0.494 e. The molecule has 6 heteroatoms. The van der Waals surface area contributed by atoms with Crippen LogP contribution in [0.4, 0.5) is 0 Å². The van der Waals surface area contributed by atoms with Crippen LogP contribution in [0.25, 0.3) is 0 Å². The minimum atomic E-state index is -0.402. The second-order valence-electron chi connectivity index (χ2n) is 5.69. The summed E-state index contributed by atoms with van der Waals surface area (Å²) in [6, 6.07) is 7.26. The van der Waals surface area contributed by atoms with E-state index in [-0.39, 0.29) is 12.5 Å². The first-order chi connectivity index (χ1) is 11.2. The average molecular weight is 321 g/mol. The molecule has 6 nitrogen and oxygen atoms in total. The fourth-order valence-electron chi connectivity index (χ4n) is 2.87. The molecule has 1 aromatic rings. The fraction of sp³-hybridized carbons (Fsp3) is 0.588. The molecule has 0 spiro atoms. The van der Waals surface area contributed by atoms with Gasteiger partial charge in [-0.3, -0.25) is 9.69 Å². The van der Waals surface area contributed by atoms with Crippen LogP contribution in [0.2, 0.25) is 0 Å². The number of rotatable bonds is 7. The Kier molecular flexibility index (Phi) is 6.83. The number of ether oxygens (including phenoxy) is 1. The van der Waals surface area contributed by atoms with Crippen LogP contribution in [0.15, 0.2) is 24.3 Å². The molecule has 1 fully saturated rings. The van der Waals surface area contributed by atoms with Crippen molar-refractivity contribution in [3.8, 4) is 5.75 Å². The Labute approximate surface area is 138 Å². The normalized spacial score (nSPS) is 16.4. The van der Waals surface area contributed by atoms with Crippen LogP contribution in [0, 0.1) is 0 Å². The Morgan fingerprint density at radius 1 is 1.43 bits per heavy atom. The van der Waals surface area contributed by atoms with E-state index in [0.717, 1.165) is 24.4 Å². The summed E-state index contributed by atoms with van der Waals surface area (Å²) < 4.78 is 5.56. The maximum absolute atomic E-state index is 13.0. The van der Waals surface area contributed by atoms with Gasteiger partial charge in [0.2, 0.25) is 5.91 Å². The van der Waals surface area contributed by atoms with Crippen molar-refractivity contribution < 1.29 is 14.6 Å². The fourth-order valence-corrected chi connectivity index (χ4v) is 2.87. The zero-order chi connectivity index (χ0) is 16.7. The van der Waals surface area contributed by atoms with Crippen LogP contribution in [0.3, 0.4) is 0 Å². The Balaban J connectivity index is 2.25. The van der Waals surface area contributed by atoms with E-state index >= 15 is 0 Å². The molecule has 1 aliphatic rings. The van der Waals surface area contributed by atoms with Crippen molar-refractivity contribution in [3.63, 3.8) is 0 Å². The third kappa shape index (κ3) is 4.67. The molecule has 1 aromatic carbocycles. The van der Waals surface area contributed by atoms with Gasteiger partial charge in [-0.2, -0.15) is 0 Å². The van der Waals surface area contributed by atoms with Crippen molar-refractivity contribution >= 4 is 5.91 Å². The molecule has 0 bridgehead atoms. The Bertz CT molecular complexity index is 504. The van der Waals surface area contributed by atoms with E-state index in [1.54, 1.807) is 0 Å². The van der Waals surface area contributed by atoms with Crippen molar-refractivity contribution in [1.29, 1.82) is 0 Å². The lowest BCUT2D eigenvalue weighted by molar-refractivity contribution is -0.137. The first kappa shape index (κ1) is 17.7. The molecule has 0 radical (unpaired) electrons. The highest BCUT2D eigenvalue weighted by molar-refractivity contribution is 5.83. The zero-order valence-corrected chi connectivity index (χ0v) is 14.0. The monoisotopic (exact) mass is 321 g/mol. The van der Waals surface area contributed by atoms with Gasteiger partial charge in [-0.1, -0.05) is 12.1 Å². The van der Waals surface area contributed by atoms with E-state index in [9.17, 15) is 9.90 Å². The summed E-state index contributed by atoms with van der Waals surface area (Å²) in [5, 5.41) is 12.5. The molecule has 0 aliphatic carbocycles. The van der Waals surface area contributed by atoms with Gasteiger partial charge in [0.1, 0.15) is 11.8 Å². The summed E-state index contributed by atoms with van der Waals surface area (Å²) >= 11 is 0.